The van der Waals surface area contributed by atoms with Crippen LogP contribution in [0.1, 0.15) is 12.8 Å². The fraction of sp³-hybridized carbons (Fsp3) is 0.217. The molecule has 0 amide bonds. The van der Waals surface area contributed by atoms with Gasteiger partial charge in [-0.2, -0.15) is 13.9 Å². The van der Waals surface area contributed by atoms with Gasteiger partial charge in [0.1, 0.15) is 24.4 Å². The topological polar surface area (TPSA) is 79.6 Å². The monoisotopic (exact) mass is 531 g/mol. The van der Waals surface area contributed by atoms with Gasteiger partial charge in [0, 0.05) is 47.0 Å². The molecule has 7 nitrogen and oxygen atoms in total. The number of nitrogens with zero attached hydrogens (tertiary/aromatic N) is 4. The van der Waals surface area contributed by atoms with Crippen molar-refractivity contribution in [2.24, 2.45) is 0 Å². The fourth-order valence-corrected chi connectivity index (χ4v) is 6.16. The second-order valence-electron chi connectivity index (χ2n) is 8.47. The first-order valence-corrected chi connectivity index (χ1v) is 13.3. The van der Waals surface area contributed by atoms with E-state index in [0.717, 1.165) is 22.9 Å². The second kappa shape index (κ2) is 9.42. The molecule has 0 bridgehead atoms. The Kier molecular flexibility index (Phi) is 6.48. The number of benzene rings is 2. The van der Waals surface area contributed by atoms with E-state index in [1.165, 1.54) is 16.4 Å². The van der Waals surface area contributed by atoms with Crippen LogP contribution in [0.4, 0.5) is 10.2 Å². The molecule has 1 aliphatic rings. The van der Waals surface area contributed by atoms with Crippen LogP contribution in [0.15, 0.2) is 59.6 Å². The zero-order valence-corrected chi connectivity index (χ0v) is 21.1. The van der Waals surface area contributed by atoms with Crippen molar-refractivity contribution in [1.29, 1.82) is 0 Å². The Morgan fingerprint density at radius 2 is 1.83 bits per heavy atom. The average molecular weight is 532 g/mol. The number of rotatable bonds is 5. The first kappa shape index (κ1) is 24.1. The summed E-state index contributed by atoms with van der Waals surface area (Å²) < 4.78 is 43.3. The number of hydrogen-bond donors (Lipinski definition) is 1. The maximum absolute atomic E-state index is 14.3. The minimum atomic E-state index is -3.95. The number of nitrogens with one attached hydrogen (secondary N) is 1. The summed E-state index contributed by atoms with van der Waals surface area (Å²) in [5.74, 6) is -0.110. The molecule has 3 heterocycles. The quantitative estimate of drug-likeness (QED) is 0.399. The van der Waals surface area contributed by atoms with Gasteiger partial charge < -0.3 is 5.32 Å². The number of sulfonamides is 1. The largest absolute Gasteiger partial charge is 0.367 e. The van der Waals surface area contributed by atoms with Gasteiger partial charge in [-0.05, 0) is 42.6 Å². The number of fused-ring (bicyclic) bond motifs is 1. The molecule has 180 valence electrons. The smallest absolute Gasteiger partial charge is 0.245 e. The van der Waals surface area contributed by atoms with Crippen LogP contribution in [0.3, 0.4) is 0 Å². The van der Waals surface area contributed by atoms with Gasteiger partial charge in [0.2, 0.25) is 10.0 Å². The molecule has 0 unspecified atom stereocenters. The molecule has 4 aromatic rings. The summed E-state index contributed by atoms with van der Waals surface area (Å²) in [7, 11) is -2.02. The van der Waals surface area contributed by atoms with Crippen molar-refractivity contribution in [2.45, 2.75) is 23.8 Å². The molecule has 1 fully saturated rings. The lowest BCUT2D eigenvalue weighted by molar-refractivity contribution is 0.328. The molecule has 1 saturated heterocycles. The lowest BCUT2D eigenvalue weighted by atomic mass is 10.0. The summed E-state index contributed by atoms with van der Waals surface area (Å²) in [5, 5.41) is 8.70. The number of piperidine rings is 1. The average Bonchev–Trinajstić information content (AvgIpc) is 3.20. The predicted molar refractivity (Wildman–Crippen MR) is 138 cm³/mol. The number of anilines is 1. The zero-order valence-electron chi connectivity index (χ0n) is 18.7. The van der Waals surface area contributed by atoms with Gasteiger partial charge >= 0.3 is 0 Å². The molecule has 0 radical (unpaired) electrons. The molecule has 0 spiro atoms. The Bertz CT molecular complexity index is 1520. The molecule has 0 aliphatic carbocycles. The van der Waals surface area contributed by atoms with Crippen molar-refractivity contribution in [2.75, 3.05) is 18.4 Å². The second-order valence-corrected chi connectivity index (χ2v) is 11.2. The van der Waals surface area contributed by atoms with Crippen molar-refractivity contribution in [1.82, 2.24) is 18.9 Å². The van der Waals surface area contributed by atoms with E-state index in [1.54, 1.807) is 10.7 Å². The summed E-state index contributed by atoms with van der Waals surface area (Å²) in [6.45, 7) is 0.512. The van der Waals surface area contributed by atoms with Crippen LogP contribution in [-0.4, -0.2) is 54.3 Å². The van der Waals surface area contributed by atoms with Gasteiger partial charge in [-0.25, -0.2) is 17.8 Å². The van der Waals surface area contributed by atoms with Crippen molar-refractivity contribution >= 4 is 58.0 Å². The lowest BCUT2D eigenvalue weighted by Gasteiger charge is -2.32. The van der Waals surface area contributed by atoms with Crippen LogP contribution < -0.4 is 10.8 Å². The molecule has 2 aromatic heterocycles. The van der Waals surface area contributed by atoms with E-state index in [1.807, 2.05) is 38.2 Å². The molecule has 1 aliphatic heterocycles. The summed E-state index contributed by atoms with van der Waals surface area (Å²) >= 11 is 12.2. The Morgan fingerprint density at radius 3 is 2.54 bits per heavy atom. The highest BCUT2D eigenvalue weighted by molar-refractivity contribution is 7.89. The minimum Gasteiger partial charge on any atom is -0.367 e. The molecule has 5 rings (SSSR count). The molecule has 12 heteroatoms. The molecule has 0 atom stereocenters. The van der Waals surface area contributed by atoms with Crippen molar-refractivity contribution in [3.8, 4) is 11.3 Å². The van der Waals surface area contributed by atoms with Gasteiger partial charge in [0.15, 0.2) is 5.65 Å². The third-order valence-corrected chi connectivity index (χ3v) is 8.61. The summed E-state index contributed by atoms with van der Waals surface area (Å²) in [6, 6.07) is 13.0. The third-order valence-electron chi connectivity index (χ3n) is 6.12. The number of hydrogen-bond acceptors (Lipinski definition) is 5. The predicted octanol–water partition coefficient (Wildman–Crippen LogP) is 3.37. The maximum atomic E-state index is 14.3. The van der Waals surface area contributed by atoms with Gasteiger partial charge in [0.25, 0.3) is 0 Å². The number of aromatic nitrogens is 3. The number of halogens is 3. The highest BCUT2D eigenvalue weighted by atomic mass is 35.5. The third kappa shape index (κ3) is 4.63. The van der Waals surface area contributed by atoms with Crippen LogP contribution >= 0.6 is 23.2 Å². The molecular formula is C23H21BCl2FN5O2S. The minimum absolute atomic E-state index is 0.00860. The van der Waals surface area contributed by atoms with Crippen molar-refractivity contribution in [3.63, 3.8) is 0 Å². The zero-order chi connectivity index (χ0) is 24.7. The van der Waals surface area contributed by atoms with E-state index in [2.05, 4.69) is 10.4 Å². The van der Waals surface area contributed by atoms with Crippen LogP contribution in [-0.2, 0) is 10.0 Å². The van der Waals surface area contributed by atoms with E-state index >= 15 is 0 Å². The normalized spacial score (nSPS) is 15.5. The SMILES string of the molecule is Bc1cnn2c(NC3CCN(S(=O)(=O)c4ccc(Cl)cc4F)CC3)cc(-c3ccccc3Cl)nc12. The standard InChI is InChI=1S/C23H21BCl2FN5O2S/c24-17-13-28-32-22(12-20(30-23(17)32)16-3-1-2-4-18(16)26)29-15-7-9-31(10-8-15)35(33,34)21-6-5-14(25)11-19(21)27/h1-6,11-13,15,29H,7-10,24H2. The van der Waals surface area contributed by atoms with Gasteiger partial charge in [-0.3, -0.25) is 0 Å². The molecular weight excluding hydrogens is 511 g/mol. The van der Waals surface area contributed by atoms with Crippen molar-refractivity contribution < 1.29 is 12.8 Å². The van der Waals surface area contributed by atoms with E-state index in [9.17, 15) is 12.8 Å². The molecule has 1 N–H and O–H groups in total. The Labute approximate surface area is 213 Å². The van der Waals surface area contributed by atoms with E-state index in [0.29, 0.717) is 29.2 Å². The van der Waals surface area contributed by atoms with E-state index in [-0.39, 0.29) is 29.0 Å². The van der Waals surface area contributed by atoms with Crippen LogP contribution in [0.5, 0.6) is 0 Å². The Balaban J connectivity index is 1.38. The molecule has 35 heavy (non-hydrogen) atoms. The Hall–Kier alpha value is -2.66. The first-order chi connectivity index (χ1) is 16.7. The highest BCUT2D eigenvalue weighted by Gasteiger charge is 2.31. The van der Waals surface area contributed by atoms with Crippen LogP contribution in [0.25, 0.3) is 16.9 Å². The van der Waals surface area contributed by atoms with Gasteiger partial charge in [-0.1, -0.05) is 41.4 Å². The van der Waals surface area contributed by atoms with E-state index < -0.39 is 15.8 Å². The van der Waals surface area contributed by atoms with Crippen LogP contribution in [0, 0.1) is 5.82 Å². The lowest BCUT2D eigenvalue weighted by Crippen LogP contribution is -2.42. The summed E-state index contributed by atoms with van der Waals surface area (Å²) in [5.41, 5.74) is 3.16. The highest BCUT2D eigenvalue weighted by Crippen LogP contribution is 2.30. The fourth-order valence-electron chi connectivity index (χ4n) is 4.26. The summed E-state index contributed by atoms with van der Waals surface area (Å²) in [6.07, 6.45) is 2.83. The van der Waals surface area contributed by atoms with Crippen molar-refractivity contribution in [3.05, 3.63) is 70.6 Å². The van der Waals surface area contributed by atoms with E-state index in [4.69, 9.17) is 28.2 Å². The van der Waals surface area contributed by atoms with Gasteiger partial charge in [0.05, 0.1) is 5.69 Å². The maximum Gasteiger partial charge on any atom is 0.245 e. The summed E-state index contributed by atoms with van der Waals surface area (Å²) in [4.78, 5) is 4.39. The molecule has 2 aromatic carbocycles. The van der Waals surface area contributed by atoms with Gasteiger partial charge in [-0.15, -0.1) is 0 Å². The molecule has 0 saturated carbocycles. The Morgan fingerprint density at radius 1 is 1.09 bits per heavy atom. The first-order valence-electron chi connectivity index (χ1n) is 11.1. The van der Waals surface area contributed by atoms with Crippen LogP contribution in [0.2, 0.25) is 10.0 Å².